The summed E-state index contributed by atoms with van der Waals surface area (Å²) in [4.78, 5) is 16.4. The van der Waals surface area contributed by atoms with Crippen LogP contribution in [0.2, 0.25) is 0 Å². The van der Waals surface area contributed by atoms with Gasteiger partial charge in [-0.25, -0.2) is 4.79 Å². The highest BCUT2D eigenvalue weighted by Gasteiger charge is 2.12. The Morgan fingerprint density at radius 1 is 1.19 bits per heavy atom. The first-order valence-electron chi connectivity index (χ1n) is 8.75. The molecule has 27 heavy (non-hydrogen) atoms. The lowest BCUT2D eigenvalue weighted by molar-refractivity contribution is 0.249. The molecule has 3 rings (SSSR count). The topological polar surface area (TPSA) is 89.3 Å². The van der Waals surface area contributed by atoms with Crippen molar-refractivity contribution in [1.82, 2.24) is 15.5 Å². The summed E-state index contributed by atoms with van der Waals surface area (Å²) in [6.07, 6.45) is 0.866. The van der Waals surface area contributed by atoms with Crippen LogP contribution in [0.1, 0.15) is 20.3 Å². The van der Waals surface area contributed by atoms with E-state index in [0.717, 1.165) is 23.3 Å². The summed E-state index contributed by atoms with van der Waals surface area (Å²) in [5.41, 5.74) is 2.21. The lowest BCUT2D eigenvalue weighted by Gasteiger charge is -2.12. The Morgan fingerprint density at radius 2 is 1.96 bits per heavy atom. The van der Waals surface area contributed by atoms with Gasteiger partial charge in [0, 0.05) is 22.9 Å². The minimum atomic E-state index is -0.242. The molecule has 0 spiro atoms. The van der Waals surface area contributed by atoms with E-state index in [1.807, 2.05) is 56.3 Å². The van der Waals surface area contributed by atoms with E-state index in [9.17, 15) is 4.79 Å². The van der Waals surface area contributed by atoms with E-state index in [-0.39, 0.29) is 12.1 Å². The van der Waals surface area contributed by atoms with Crippen molar-refractivity contribution in [3.8, 4) is 28.6 Å². The lowest BCUT2D eigenvalue weighted by atomic mass is 10.2. The van der Waals surface area contributed by atoms with Crippen molar-refractivity contribution in [2.75, 3.05) is 12.4 Å². The molecule has 1 atom stereocenters. The highest BCUT2D eigenvalue weighted by atomic mass is 16.5. The molecule has 0 saturated heterocycles. The fourth-order valence-electron chi connectivity index (χ4n) is 2.42. The molecule has 140 valence electrons. The van der Waals surface area contributed by atoms with Crippen molar-refractivity contribution >= 4 is 11.7 Å². The summed E-state index contributed by atoms with van der Waals surface area (Å²) >= 11 is 0. The number of nitrogens with one attached hydrogen (secondary N) is 2. The number of benzene rings is 2. The van der Waals surface area contributed by atoms with Gasteiger partial charge in [-0.05, 0) is 49.7 Å². The largest absolute Gasteiger partial charge is 0.497 e. The zero-order valence-electron chi connectivity index (χ0n) is 15.5. The summed E-state index contributed by atoms with van der Waals surface area (Å²) < 4.78 is 10.5. The van der Waals surface area contributed by atoms with Gasteiger partial charge >= 0.3 is 6.03 Å². The Hall–Kier alpha value is -3.35. The third-order valence-corrected chi connectivity index (χ3v) is 4.13. The molecule has 7 nitrogen and oxygen atoms in total. The van der Waals surface area contributed by atoms with Gasteiger partial charge < -0.3 is 19.9 Å². The van der Waals surface area contributed by atoms with Crippen molar-refractivity contribution in [2.45, 2.75) is 26.3 Å². The second kappa shape index (κ2) is 8.35. The van der Waals surface area contributed by atoms with Crippen molar-refractivity contribution in [1.29, 1.82) is 0 Å². The Balaban J connectivity index is 1.75. The molecule has 2 aromatic carbocycles. The predicted octanol–water partition coefficient (Wildman–Crippen LogP) is 4.33. The minimum Gasteiger partial charge on any atom is -0.497 e. The third-order valence-electron chi connectivity index (χ3n) is 4.13. The van der Waals surface area contributed by atoms with E-state index in [0.29, 0.717) is 17.4 Å². The van der Waals surface area contributed by atoms with Gasteiger partial charge in [0.2, 0.25) is 5.82 Å². The number of amides is 2. The molecular weight excluding hydrogens is 344 g/mol. The van der Waals surface area contributed by atoms with Gasteiger partial charge in [0.25, 0.3) is 5.89 Å². The van der Waals surface area contributed by atoms with Crippen molar-refractivity contribution < 1.29 is 14.1 Å². The van der Waals surface area contributed by atoms with E-state index >= 15 is 0 Å². The zero-order valence-corrected chi connectivity index (χ0v) is 15.5. The van der Waals surface area contributed by atoms with Gasteiger partial charge in [-0.3, -0.25) is 0 Å². The van der Waals surface area contributed by atoms with Crippen LogP contribution in [0, 0.1) is 0 Å². The smallest absolute Gasteiger partial charge is 0.319 e. The maximum Gasteiger partial charge on any atom is 0.319 e. The third kappa shape index (κ3) is 4.63. The Labute approximate surface area is 157 Å². The van der Waals surface area contributed by atoms with Crippen LogP contribution < -0.4 is 15.4 Å². The molecule has 0 aliphatic rings. The lowest BCUT2D eigenvalue weighted by Crippen LogP contribution is -2.35. The van der Waals surface area contributed by atoms with Gasteiger partial charge in [-0.15, -0.1) is 0 Å². The molecule has 0 aliphatic carbocycles. The summed E-state index contributed by atoms with van der Waals surface area (Å²) in [7, 11) is 1.62. The van der Waals surface area contributed by atoms with Gasteiger partial charge in [0.05, 0.1) is 7.11 Å². The maximum atomic E-state index is 12.0. The van der Waals surface area contributed by atoms with Crippen LogP contribution in [-0.4, -0.2) is 29.3 Å². The number of carbonyl (C=O) groups is 1. The number of aromatic nitrogens is 2. The van der Waals surface area contributed by atoms with Crippen LogP contribution in [0.15, 0.2) is 53.1 Å². The molecule has 2 N–H and O–H groups in total. The highest BCUT2D eigenvalue weighted by Crippen LogP contribution is 2.25. The molecule has 2 amide bonds. The van der Waals surface area contributed by atoms with Crippen LogP contribution >= 0.6 is 0 Å². The van der Waals surface area contributed by atoms with Crippen LogP contribution in [-0.2, 0) is 0 Å². The molecule has 0 saturated carbocycles. The molecular formula is C20H22N4O3. The molecule has 0 bridgehead atoms. The summed E-state index contributed by atoms with van der Waals surface area (Å²) in [5.74, 6) is 1.63. The van der Waals surface area contributed by atoms with Crippen LogP contribution in [0.3, 0.4) is 0 Å². The fourth-order valence-corrected chi connectivity index (χ4v) is 2.42. The first-order chi connectivity index (χ1) is 13.1. The van der Waals surface area contributed by atoms with E-state index in [1.54, 1.807) is 13.2 Å². The standard InChI is InChI=1S/C20H22N4O3/c1-4-13(2)21-20(25)22-16-7-5-6-15(12-16)18-23-19(27-24-18)14-8-10-17(26-3)11-9-14/h5-13H,4H2,1-3H3,(H2,21,22,25)/t13-/m0/s1. The molecule has 0 fully saturated rings. The number of carbonyl (C=O) groups excluding carboxylic acids is 1. The van der Waals surface area contributed by atoms with E-state index < -0.39 is 0 Å². The van der Waals surface area contributed by atoms with E-state index in [4.69, 9.17) is 9.26 Å². The van der Waals surface area contributed by atoms with Crippen molar-refractivity contribution in [3.63, 3.8) is 0 Å². The van der Waals surface area contributed by atoms with Gasteiger partial charge in [0.15, 0.2) is 0 Å². The minimum absolute atomic E-state index is 0.109. The number of rotatable bonds is 6. The second-order valence-corrected chi connectivity index (χ2v) is 6.14. The average molecular weight is 366 g/mol. The SMILES string of the molecule is CC[C@H](C)NC(=O)Nc1cccc(-c2noc(-c3ccc(OC)cc3)n2)c1. The van der Waals surface area contributed by atoms with Crippen LogP contribution in [0.4, 0.5) is 10.5 Å². The normalized spacial score (nSPS) is 11.7. The molecule has 7 heteroatoms. The van der Waals surface area contributed by atoms with Crippen LogP contribution in [0.5, 0.6) is 5.75 Å². The average Bonchev–Trinajstić information content (AvgIpc) is 3.18. The number of anilines is 1. The number of urea groups is 1. The predicted molar refractivity (Wildman–Crippen MR) is 104 cm³/mol. The molecule has 0 aliphatic heterocycles. The summed E-state index contributed by atoms with van der Waals surface area (Å²) in [5, 5.41) is 9.72. The number of methoxy groups -OCH3 is 1. The molecule has 0 radical (unpaired) electrons. The van der Waals surface area contributed by atoms with Gasteiger partial charge in [-0.2, -0.15) is 4.98 Å². The number of hydrogen-bond acceptors (Lipinski definition) is 5. The summed E-state index contributed by atoms with van der Waals surface area (Å²) in [6.45, 7) is 3.97. The van der Waals surface area contributed by atoms with E-state index in [2.05, 4.69) is 20.8 Å². The van der Waals surface area contributed by atoms with Crippen molar-refractivity contribution in [2.24, 2.45) is 0 Å². The Bertz CT molecular complexity index is 906. The molecule has 1 heterocycles. The highest BCUT2D eigenvalue weighted by molar-refractivity contribution is 5.90. The Kier molecular flexibility index (Phi) is 5.71. The molecule has 1 aromatic heterocycles. The first kappa shape index (κ1) is 18.4. The van der Waals surface area contributed by atoms with Gasteiger partial charge in [0.1, 0.15) is 5.75 Å². The number of nitrogens with zero attached hydrogens (tertiary/aromatic N) is 2. The first-order valence-corrected chi connectivity index (χ1v) is 8.75. The second-order valence-electron chi connectivity index (χ2n) is 6.14. The van der Waals surface area contributed by atoms with Crippen molar-refractivity contribution in [3.05, 3.63) is 48.5 Å². The zero-order chi connectivity index (χ0) is 19.2. The maximum absolute atomic E-state index is 12.0. The molecule has 0 unspecified atom stereocenters. The van der Waals surface area contributed by atoms with Crippen LogP contribution in [0.25, 0.3) is 22.8 Å². The van der Waals surface area contributed by atoms with Gasteiger partial charge in [-0.1, -0.05) is 24.2 Å². The quantitative estimate of drug-likeness (QED) is 0.678. The Morgan fingerprint density at radius 3 is 2.67 bits per heavy atom. The summed E-state index contributed by atoms with van der Waals surface area (Å²) in [6, 6.07) is 14.5. The molecule has 3 aromatic rings. The number of hydrogen-bond donors (Lipinski definition) is 2. The fraction of sp³-hybridized carbons (Fsp3) is 0.250. The van der Waals surface area contributed by atoms with E-state index in [1.165, 1.54) is 0 Å². The number of ether oxygens (including phenoxy) is 1. The monoisotopic (exact) mass is 366 g/mol.